The highest BCUT2D eigenvalue weighted by Crippen LogP contribution is 2.37. The molecule has 0 spiro atoms. The number of hydrogen-bond acceptors (Lipinski definition) is 5. The van der Waals surface area contributed by atoms with Crippen LogP contribution in [0.3, 0.4) is 0 Å². The smallest absolute Gasteiger partial charge is 0.417 e. The van der Waals surface area contributed by atoms with E-state index in [4.69, 9.17) is 27.2 Å². The molecule has 2 N–H and O–H groups in total. The molecular weight excluding hydrogens is 499 g/mol. The maximum absolute atomic E-state index is 13.2. The molecule has 2 amide bonds. The number of alkyl halides is 3. The van der Waals surface area contributed by atoms with Crippen molar-refractivity contribution in [2.24, 2.45) is 5.92 Å². The van der Waals surface area contributed by atoms with Crippen molar-refractivity contribution in [2.45, 2.75) is 64.9 Å². The van der Waals surface area contributed by atoms with Crippen molar-refractivity contribution in [1.82, 2.24) is 14.7 Å². The number of nitrogens with zero attached hydrogens (tertiary/aromatic N) is 3. The van der Waals surface area contributed by atoms with Gasteiger partial charge in [0.05, 0.1) is 10.6 Å². The number of hydrogen-bond donors (Lipinski definition) is 2. The van der Waals surface area contributed by atoms with Crippen molar-refractivity contribution < 1.29 is 27.5 Å². The number of piperidine rings is 1. The van der Waals surface area contributed by atoms with E-state index in [0.717, 1.165) is 6.07 Å². The highest BCUT2D eigenvalue weighted by atomic mass is 35.5. The summed E-state index contributed by atoms with van der Waals surface area (Å²) in [6.07, 6.45) is -3.83. The molecule has 12 heteroatoms. The molecule has 8 nitrogen and oxygen atoms in total. The fourth-order valence-corrected chi connectivity index (χ4v) is 4.66. The van der Waals surface area contributed by atoms with Crippen molar-refractivity contribution in [2.75, 3.05) is 19.6 Å². The van der Waals surface area contributed by atoms with Crippen LogP contribution in [0.25, 0.3) is 0 Å². The molecule has 2 aliphatic rings. The Bertz CT molecular complexity index is 1060. The summed E-state index contributed by atoms with van der Waals surface area (Å²) in [7, 11) is 0. The normalized spacial score (nSPS) is 21.6. The minimum Gasteiger partial charge on any atom is -0.444 e. The van der Waals surface area contributed by atoms with Crippen molar-refractivity contribution in [3.05, 3.63) is 34.3 Å². The Morgan fingerprint density at radius 2 is 1.89 bits per heavy atom. The second-order valence-corrected chi connectivity index (χ2v) is 10.5. The minimum atomic E-state index is -4.63. The predicted octanol–water partition coefficient (Wildman–Crippen LogP) is 4.99. The van der Waals surface area contributed by atoms with Gasteiger partial charge in [0, 0.05) is 38.1 Å². The van der Waals surface area contributed by atoms with Gasteiger partial charge in [-0.25, -0.2) is 4.79 Å². The van der Waals surface area contributed by atoms with Gasteiger partial charge in [-0.3, -0.25) is 15.6 Å². The molecule has 0 bridgehead atoms. The summed E-state index contributed by atoms with van der Waals surface area (Å²) in [4.78, 5) is 29.7. The van der Waals surface area contributed by atoms with Gasteiger partial charge in [-0.2, -0.15) is 13.2 Å². The molecule has 2 fully saturated rings. The van der Waals surface area contributed by atoms with Crippen LogP contribution in [0.2, 0.25) is 5.02 Å². The van der Waals surface area contributed by atoms with Crippen LogP contribution in [0, 0.1) is 16.7 Å². The van der Waals surface area contributed by atoms with Gasteiger partial charge >= 0.3 is 12.3 Å². The summed E-state index contributed by atoms with van der Waals surface area (Å²) in [5.74, 6) is -1.45. The Balaban J connectivity index is 1.71. The van der Waals surface area contributed by atoms with Gasteiger partial charge in [-0.1, -0.05) is 23.7 Å². The van der Waals surface area contributed by atoms with Crippen LogP contribution in [-0.4, -0.2) is 69.6 Å². The van der Waals surface area contributed by atoms with E-state index in [1.54, 1.807) is 27.7 Å². The van der Waals surface area contributed by atoms with E-state index < -0.39 is 46.2 Å². The Labute approximate surface area is 213 Å². The number of benzene rings is 1. The molecular formula is C24H31ClF3N5O3. The number of rotatable bonds is 3. The van der Waals surface area contributed by atoms with Crippen LogP contribution >= 0.6 is 11.6 Å². The summed E-state index contributed by atoms with van der Waals surface area (Å²) >= 11 is 6.01. The van der Waals surface area contributed by atoms with Gasteiger partial charge in [0.15, 0.2) is 5.84 Å². The SMILES string of the molecule is CC1CN(C(=N)C2CCCN(C(=O)OC(C)(C)C)C2)C(=N)C(=O)N1Cc1cccc(C(F)(F)F)c1Cl. The molecule has 2 atom stereocenters. The Hall–Kier alpha value is -2.82. The second-order valence-electron chi connectivity index (χ2n) is 10.2. The summed E-state index contributed by atoms with van der Waals surface area (Å²) in [5, 5.41) is 16.6. The first-order chi connectivity index (χ1) is 16.6. The van der Waals surface area contributed by atoms with Crippen LogP contribution in [-0.2, 0) is 22.3 Å². The first-order valence-electron chi connectivity index (χ1n) is 11.7. The van der Waals surface area contributed by atoms with Crippen LogP contribution in [0.4, 0.5) is 18.0 Å². The van der Waals surface area contributed by atoms with Crippen molar-refractivity contribution in [3.8, 4) is 0 Å². The summed E-state index contributed by atoms with van der Waals surface area (Å²) < 4.78 is 45.1. The lowest BCUT2D eigenvalue weighted by Crippen LogP contribution is -2.61. The van der Waals surface area contributed by atoms with E-state index in [9.17, 15) is 22.8 Å². The van der Waals surface area contributed by atoms with Crippen LogP contribution < -0.4 is 0 Å². The number of halogens is 4. The van der Waals surface area contributed by atoms with E-state index in [-0.39, 0.29) is 37.0 Å². The number of likely N-dealkylation sites (tertiary alicyclic amines) is 1. The number of amides is 2. The van der Waals surface area contributed by atoms with Gasteiger partial charge in [0.25, 0.3) is 5.91 Å². The van der Waals surface area contributed by atoms with Gasteiger partial charge in [0.1, 0.15) is 11.4 Å². The van der Waals surface area contributed by atoms with Crippen LogP contribution in [0.5, 0.6) is 0 Å². The first-order valence-corrected chi connectivity index (χ1v) is 12.1. The average Bonchev–Trinajstić information content (AvgIpc) is 2.77. The Morgan fingerprint density at radius 1 is 1.22 bits per heavy atom. The zero-order valence-corrected chi connectivity index (χ0v) is 21.5. The monoisotopic (exact) mass is 529 g/mol. The molecule has 2 aliphatic heterocycles. The summed E-state index contributed by atoms with van der Waals surface area (Å²) in [5.41, 5.74) is -1.51. The van der Waals surface area contributed by atoms with E-state index in [1.807, 2.05) is 0 Å². The highest BCUT2D eigenvalue weighted by Gasteiger charge is 2.40. The van der Waals surface area contributed by atoms with Crippen molar-refractivity contribution in [3.63, 3.8) is 0 Å². The molecule has 1 aromatic carbocycles. The van der Waals surface area contributed by atoms with E-state index in [1.165, 1.54) is 26.8 Å². The quantitative estimate of drug-likeness (QED) is 0.425. The standard InChI is InChI=1S/C24H31ClF3N5O3/c1-14-11-33(19(29)16-8-6-10-31(12-16)22(35)36-23(2,3)4)20(30)21(34)32(14)13-15-7-5-9-17(18(15)25)24(26,27)28/h5,7,9,14,16,29-30H,6,8,10-13H2,1-4H3. The van der Waals surface area contributed by atoms with E-state index >= 15 is 0 Å². The Kier molecular flexibility index (Phi) is 7.92. The molecule has 2 unspecified atom stereocenters. The van der Waals surface area contributed by atoms with Gasteiger partial charge in [0.2, 0.25) is 0 Å². The molecule has 198 valence electrons. The zero-order chi connectivity index (χ0) is 27.0. The number of carbonyl (C=O) groups excluding carboxylic acids is 2. The predicted molar refractivity (Wildman–Crippen MR) is 129 cm³/mol. The second kappa shape index (κ2) is 10.3. The molecule has 0 aromatic heterocycles. The lowest BCUT2D eigenvalue weighted by molar-refractivity contribution is -0.137. The largest absolute Gasteiger partial charge is 0.444 e. The number of amidine groups is 2. The maximum atomic E-state index is 13.2. The molecule has 2 saturated heterocycles. The average molecular weight is 530 g/mol. The third kappa shape index (κ3) is 6.11. The van der Waals surface area contributed by atoms with Crippen molar-refractivity contribution in [1.29, 1.82) is 10.8 Å². The summed E-state index contributed by atoms with van der Waals surface area (Å²) in [6.45, 7) is 7.70. The number of piperazine rings is 1. The number of ether oxygens (including phenoxy) is 1. The summed E-state index contributed by atoms with van der Waals surface area (Å²) in [6, 6.07) is 3.03. The third-order valence-corrected chi connectivity index (χ3v) is 6.63. The molecule has 0 saturated carbocycles. The fraction of sp³-hybridized carbons (Fsp3) is 0.583. The van der Waals surface area contributed by atoms with Crippen LogP contribution in [0.1, 0.15) is 51.7 Å². The topological polar surface area (TPSA) is 101 Å². The third-order valence-electron chi connectivity index (χ3n) is 6.19. The van der Waals surface area contributed by atoms with Gasteiger partial charge in [-0.15, -0.1) is 0 Å². The number of nitrogens with one attached hydrogen (secondary N) is 2. The molecule has 2 heterocycles. The zero-order valence-electron chi connectivity index (χ0n) is 20.7. The molecule has 0 radical (unpaired) electrons. The Morgan fingerprint density at radius 3 is 2.50 bits per heavy atom. The number of carbonyl (C=O) groups is 2. The van der Waals surface area contributed by atoms with Crippen LogP contribution in [0.15, 0.2) is 18.2 Å². The maximum Gasteiger partial charge on any atom is 0.417 e. The fourth-order valence-electron chi connectivity index (χ4n) is 4.37. The molecule has 1 aromatic rings. The van der Waals surface area contributed by atoms with E-state index in [2.05, 4.69) is 0 Å². The molecule has 36 heavy (non-hydrogen) atoms. The van der Waals surface area contributed by atoms with Gasteiger partial charge < -0.3 is 19.4 Å². The lowest BCUT2D eigenvalue weighted by atomic mass is 9.95. The van der Waals surface area contributed by atoms with E-state index in [0.29, 0.717) is 19.4 Å². The lowest BCUT2D eigenvalue weighted by Gasteiger charge is -2.43. The first kappa shape index (κ1) is 27.8. The molecule has 0 aliphatic carbocycles. The minimum absolute atomic E-state index is 0.0604. The van der Waals surface area contributed by atoms with Crippen molar-refractivity contribution >= 4 is 35.3 Å². The molecule has 3 rings (SSSR count). The van der Waals surface area contributed by atoms with Gasteiger partial charge in [-0.05, 0) is 52.2 Å². The highest BCUT2D eigenvalue weighted by molar-refractivity contribution is 6.39.